The van der Waals surface area contributed by atoms with E-state index in [9.17, 15) is 19.6 Å². The molecule has 32 heavy (non-hydrogen) atoms. The van der Waals surface area contributed by atoms with Crippen molar-refractivity contribution in [2.24, 2.45) is 0 Å². The van der Waals surface area contributed by atoms with E-state index in [4.69, 9.17) is 0 Å². The first-order valence-electron chi connectivity index (χ1n) is 10.2. The first-order valence-corrected chi connectivity index (χ1v) is 10.2. The third-order valence-electron chi connectivity index (χ3n) is 4.96. The summed E-state index contributed by atoms with van der Waals surface area (Å²) in [5.41, 5.74) is 2.84. The molecule has 0 aliphatic heterocycles. The number of aromatic nitrogens is 2. The van der Waals surface area contributed by atoms with E-state index in [1.807, 2.05) is 61.5 Å². The van der Waals surface area contributed by atoms with Crippen molar-refractivity contribution in [1.29, 1.82) is 0 Å². The van der Waals surface area contributed by atoms with Gasteiger partial charge in [0.2, 0.25) is 5.91 Å². The average molecular weight is 432 g/mol. The van der Waals surface area contributed by atoms with Crippen LogP contribution in [0.1, 0.15) is 27.2 Å². The average Bonchev–Trinajstić information content (AvgIpc) is 2.80. The van der Waals surface area contributed by atoms with Gasteiger partial charge in [-0.3, -0.25) is 14.6 Å². The van der Waals surface area contributed by atoms with Gasteiger partial charge in [-0.2, -0.15) is 0 Å². The quantitative estimate of drug-likeness (QED) is 0.372. The van der Waals surface area contributed by atoms with Gasteiger partial charge in [-0.05, 0) is 24.5 Å². The zero-order chi connectivity index (χ0) is 22.9. The van der Waals surface area contributed by atoms with Crippen LogP contribution in [-0.2, 0) is 17.6 Å². The van der Waals surface area contributed by atoms with Gasteiger partial charge in [-0.1, -0.05) is 60.2 Å². The van der Waals surface area contributed by atoms with Crippen molar-refractivity contribution in [3.05, 3.63) is 95.6 Å². The monoisotopic (exact) mass is 432 g/mol. The van der Waals surface area contributed by atoms with Crippen LogP contribution in [0.15, 0.2) is 73.2 Å². The van der Waals surface area contributed by atoms with E-state index in [2.05, 4.69) is 20.6 Å². The van der Waals surface area contributed by atoms with Crippen molar-refractivity contribution >= 4 is 18.9 Å². The van der Waals surface area contributed by atoms with Crippen LogP contribution < -0.4 is 10.6 Å². The molecule has 1 heterocycles. The molecule has 4 N–H and O–H groups in total. The number of aryl methyl sites for hydroxylation is 1. The lowest BCUT2D eigenvalue weighted by Gasteiger charge is -2.23. The van der Waals surface area contributed by atoms with Gasteiger partial charge in [-0.25, -0.2) is 4.98 Å². The summed E-state index contributed by atoms with van der Waals surface area (Å²) in [5, 5.41) is 25.0. The van der Waals surface area contributed by atoms with Gasteiger partial charge >= 0.3 is 7.12 Å². The zero-order valence-electron chi connectivity index (χ0n) is 17.7. The molecule has 2 amide bonds. The number of hydrogen-bond acceptors (Lipinski definition) is 6. The first-order chi connectivity index (χ1) is 15.4. The van der Waals surface area contributed by atoms with E-state index in [1.165, 1.54) is 18.6 Å². The largest absolute Gasteiger partial charge is 0.475 e. The molecule has 0 unspecified atom stereocenters. The first kappa shape index (κ1) is 23.1. The predicted octanol–water partition coefficient (Wildman–Crippen LogP) is 0.866. The van der Waals surface area contributed by atoms with Crippen LogP contribution in [0, 0.1) is 6.92 Å². The normalized spacial score (nSPS) is 12.5. The highest BCUT2D eigenvalue weighted by Gasteiger charge is 2.30. The maximum Gasteiger partial charge on any atom is 0.475 e. The molecule has 8 nitrogen and oxygen atoms in total. The number of nitrogens with one attached hydrogen (secondary N) is 2. The summed E-state index contributed by atoms with van der Waals surface area (Å²) in [4.78, 5) is 33.5. The van der Waals surface area contributed by atoms with Crippen molar-refractivity contribution < 1.29 is 19.6 Å². The SMILES string of the molecule is Cc1ccc(C[C@H](NC(=O)[C@H](Cc2ccccc2)NC(=O)c2cnccn2)B(O)O)cc1. The number of hydrogen-bond donors (Lipinski definition) is 4. The fourth-order valence-electron chi connectivity index (χ4n) is 3.20. The lowest BCUT2D eigenvalue weighted by atomic mass is 9.75. The van der Waals surface area contributed by atoms with Crippen molar-refractivity contribution in [3.8, 4) is 0 Å². The second-order valence-electron chi connectivity index (χ2n) is 7.52. The lowest BCUT2D eigenvalue weighted by molar-refractivity contribution is -0.123. The molecule has 3 aromatic rings. The third kappa shape index (κ3) is 6.73. The molecule has 2 atom stereocenters. The van der Waals surface area contributed by atoms with Crippen molar-refractivity contribution in [2.75, 3.05) is 0 Å². The summed E-state index contributed by atoms with van der Waals surface area (Å²) in [7, 11) is -1.77. The fourth-order valence-corrected chi connectivity index (χ4v) is 3.20. The van der Waals surface area contributed by atoms with Gasteiger partial charge in [0.1, 0.15) is 11.7 Å². The lowest BCUT2D eigenvalue weighted by Crippen LogP contribution is -2.55. The molecular weight excluding hydrogens is 407 g/mol. The molecule has 9 heteroatoms. The summed E-state index contributed by atoms with van der Waals surface area (Å²) < 4.78 is 0. The van der Waals surface area contributed by atoms with Crippen LogP contribution >= 0.6 is 0 Å². The van der Waals surface area contributed by atoms with E-state index < -0.39 is 30.9 Å². The van der Waals surface area contributed by atoms with Gasteiger partial charge in [0, 0.05) is 18.8 Å². The topological polar surface area (TPSA) is 124 Å². The van der Waals surface area contributed by atoms with E-state index in [-0.39, 0.29) is 18.5 Å². The number of carbonyl (C=O) groups is 2. The standard InChI is InChI=1S/C23H25BN4O4/c1-16-7-9-18(10-8-16)14-21(24(31)32)28-22(29)19(13-17-5-3-2-4-6-17)27-23(30)20-15-25-11-12-26-20/h2-12,15,19,21,31-32H,13-14H2,1H3,(H,27,30)(H,28,29)/t19-,21-/m0/s1. The Bertz CT molecular complexity index is 1020. The zero-order valence-corrected chi connectivity index (χ0v) is 17.7. The molecule has 1 aromatic heterocycles. The number of amides is 2. The molecule has 0 aliphatic rings. The Kier molecular flexibility index (Phi) is 8.07. The van der Waals surface area contributed by atoms with Crippen LogP contribution in [0.3, 0.4) is 0 Å². The van der Waals surface area contributed by atoms with Gasteiger partial charge < -0.3 is 20.7 Å². The Labute approximate surface area is 186 Å². The summed E-state index contributed by atoms with van der Waals surface area (Å²) in [6.45, 7) is 1.96. The van der Waals surface area contributed by atoms with Crippen LogP contribution in [0.2, 0.25) is 0 Å². The summed E-state index contributed by atoms with van der Waals surface area (Å²) >= 11 is 0. The van der Waals surface area contributed by atoms with Crippen LogP contribution in [0.4, 0.5) is 0 Å². The second-order valence-corrected chi connectivity index (χ2v) is 7.52. The molecule has 0 aliphatic carbocycles. The van der Waals surface area contributed by atoms with Gasteiger partial charge in [0.15, 0.2) is 0 Å². The summed E-state index contributed by atoms with van der Waals surface area (Å²) in [6, 6.07) is 15.8. The Hall–Kier alpha value is -3.56. The molecule has 2 aromatic carbocycles. The van der Waals surface area contributed by atoms with Gasteiger partial charge in [-0.15, -0.1) is 0 Å². The minimum Gasteiger partial charge on any atom is -0.426 e. The minimum atomic E-state index is -1.77. The number of benzene rings is 2. The van der Waals surface area contributed by atoms with Crippen molar-refractivity contribution in [3.63, 3.8) is 0 Å². The van der Waals surface area contributed by atoms with E-state index in [0.717, 1.165) is 16.7 Å². The smallest absolute Gasteiger partial charge is 0.426 e. The second kappa shape index (κ2) is 11.2. The molecule has 0 saturated carbocycles. The molecule has 0 spiro atoms. The highest BCUT2D eigenvalue weighted by atomic mass is 16.4. The van der Waals surface area contributed by atoms with Crippen LogP contribution in [-0.4, -0.2) is 50.9 Å². The summed E-state index contributed by atoms with van der Waals surface area (Å²) in [6.07, 6.45) is 4.59. The molecule has 3 rings (SSSR count). The summed E-state index contributed by atoms with van der Waals surface area (Å²) in [5.74, 6) is -2.03. The maximum atomic E-state index is 13.1. The molecule has 0 fully saturated rings. The molecule has 0 bridgehead atoms. The fraction of sp³-hybridized carbons (Fsp3) is 0.217. The Morgan fingerprint density at radius 2 is 1.62 bits per heavy atom. The highest BCUT2D eigenvalue weighted by molar-refractivity contribution is 6.43. The van der Waals surface area contributed by atoms with Crippen LogP contribution in [0.5, 0.6) is 0 Å². The highest BCUT2D eigenvalue weighted by Crippen LogP contribution is 2.09. The molecule has 0 saturated heterocycles. The Balaban J connectivity index is 1.76. The van der Waals surface area contributed by atoms with E-state index in [1.54, 1.807) is 0 Å². The van der Waals surface area contributed by atoms with Crippen molar-refractivity contribution in [1.82, 2.24) is 20.6 Å². The number of rotatable bonds is 9. The third-order valence-corrected chi connectivity index (χ3v) is 4.96. The Morgan fingerprint density at radius 3 is 2.25 bits per heavy atom. The maximum absolute atomic E-state index is 13.1. The number of nitrogens with zero attached hydrogens (tertiary/aromatic N) is 2. The molecular formula is C23H25BN4O4. The van der Waals surface area contributed by atoms with Crippen molar-refractivity contribution in [2.45, 2.75) is 31.7 Å². The van der Waals surface area contributed by atoms with Gasteiger partial charge in [0.25, 0.3) is 5.91 Å². The van der Waals surface area contributed by atoms with E-state index in [0.29, 0.717) is 0 Å². The minimum absolute atomic E-state index is 0.0803. The Morgan fingerprint density at radius 1 is 0.938 bits per heavy atom. The van der Waals surface area contributed by atoms with Crippen LogP contribution in [0.25, 0.3) is 0 Å². The number of carbonyl (C=O) groups excluding carboxylic acids is 2. The molecule has 164 valence electrons. The van der Waals surface area contributed by atoms with Gasteiger partial charge in [0.05, 0.1) is 12.1 Å². The molecule has 0 radical (unpaired) electrons. The predicted molar refractivity (Wildman–Crippen MR) is 120 cm³/mol. The van der Waals surface area contributed by atoms with E-state index >= 15 is 0 Å².